The highest BCUT2D eigenvalue weighted by Crippen LogP contribution is 2.35. The maximum Gasteiger partial charge on any atom is 0.416 e. The number of carbonyl (C=O) groups excluding carboxylic acids is 2. The molecule has 3 N–H and O–H groups in total. The van der Waals surface area contributed by atoms with Crippen molar-refractivity contribution in [3.8, 4) is 5.75 Å². The van der Waals surface area contributed by atoms with Crippen LogP contribution in [0.4, 0.5) is 33.7 Å². The summed E-state index contributed by atoms with van der Waals surface area (Å²) < 4.78 is 58.7. The summed E-state index contributed by atoms with van der Waals surface area (Å²) in [7, 11) is 1.81. The van der Waals surface area contributed by atoms with Crippen LogP contribution in [0.1, 0.15) is 35.3 Å². The average Bonchev–Trinajstić information content (AvgIpc) is 2.95. The number of benzene rings is 3. The van der Waals surface area contributed by atoms with Crippen LogP contribution in [0.2, 0.25) is 0 Å². The predicted molar refractivity (Wildman–Crippen MR) is 154 cm³/mol. The number of aliphatic hydroxyl groups excluding tert-OH is 1. The van der Waals surface area contributed by atoms with E-state index in [0.717, 1.165) is 12.1 Å². The number of likely N-dealkylation sites (N-methyl/N-ethyl adjacent to an activating group) is 1. The van der Waals surface area contributed by atoms with E-state index < -0.39 is 35.7 Å². The normalized spacial score (nSPS) is 17.9. The van der Waals surface area contributed by atoms with Gasteiger partial charge in [0, 0.05) is 31.2 Å². The molecule has 12 heteroatoms. The number of rotatable bonds is 8. The number of hydrogen-bond acceptors (Lipinski definition) is 5. The van der Waals surface area contributed by atoms with Gasteiger partial charge in [-0.05, 0) is 68.1 Å². The fourth-order valence-corrected chi connectivity index (χ4v) is 4.86. The lowest BCUT2D eigenvalue weighted by Gasteiger charge is -2.38. The molecular formula is C31H34F4N4O4. The van der Waals surface area contributed by atoms with Gasteiger partial charge in [0.25, 0.3) is 5.91 Å². The lowest BCUT2D eigenvalue weighted by molar-refractivity contribution is -0.137. The zero-order valence-corrected chi connectivity index (χ0v) is 24.0. The molecule has 230 valence electrons. The first-order valence-electron chi connectivity index (χ1n) is 13.8. The van der Waals surface area contributed by atoms with E-state index in [1.807, 2.05) is 18.9 Å². The van der Waals surface area contributed by atoms with E-state index in [2.05, 4.69) is 10.6 Å². The smallest absolute Gasteiger partial charge is 0.416 e. The van der Waals surface area contributed by atoms with Crippen molar-refractivity contribution in [2.45, 2.75) is 38.7 Å². The summed E-state index contributed by atoms with van der Waals surface area (Å²) in [6.45, 7) is 4.34. The van der Waals surface area contributed by atoms with E-state index in [4.69, 9.17) is 4.74 Å². The Kier molecular flexibility index (Phi) is 9.92. The molecule has 0 bridgehead atoms. The minimum Gasteiger partial charge on any atom is -0.486 e. The molecule has 0 spiro atoms. The molecule has 4 rings (SSSR count). The van der Waals surface area contributed by atoms with Crippen LogP contribution in [0.5, 0.6) is 5.75 Å². The number of urea groups is 1. The maximum absolute atomic E-state index is 13.6. The van der Waals surface area contributed by atoms with Gasteiger partial charge in [-0.15, -0.1) is 0 Å². The molecule has 0 saturated heterocycles. The van der Waals surface area contributed by atoms with Gasteiger partial charge in [0.15, 0.2) is 5.75 Å². The van der Waals surface area contributed by atoms with Gasteiger partial charge in [-0.1, -0.05) is 25.1 Å². The Balaban J connectivity index is 1.59. The molecule has 0 aromatic heterocycles. The fraction of sp³-hybridized carbons (Fsp3) is 0.355. The largest absolute Gasteiger partial charge is 0.486 e. The number of hydrogen-bond donors (Lipinski definition) is 3. The molecule has 3 atom stereocenters. The number of amides is 3. The van der Waals surface area contributed by atoms with Gasteiger partial charge in [0.2, 0.25) is 0 Å². The van der Waals surface area contributed by atoms with Crippen LogP contribution in [-0.4, -0.2) is 65.7 Å². The topological polar surface area (TPSA) is 94.1 Å². The number of alkyl halides is 3. The van der Waals surface area contributed by atoms with E-state index in [0.29, 0.717) is 24.3 Å². The molecule has 8 nitrogen and oxygen atoms in total. The molecule has 0 saturated carbocycles. The molecule has 3 aromatic rings. The highest BCUT2D eigenvalue weighted by molar-refractivity contribution is 6.04. The van der Waals surface area contributed by atoms with Crippen LogP contribution in [-0.2, 0) is 12.7 Å². The van der Waals surface area contributed by atoms with Gasteiger partial charge < -0.3 is 25.4 Å². The number of nitrogens with zero attached hydrogens (tertiary/aromatic N) is 2. The van der Waals surface area contributed by atoms with Crippen molar-refractivity contribution in [1.29, 1.82) is 0 Å². The van der Waals surface area contributed by atoms with Gasteiger partial charge in [-0.2, -0.15) is 13.2 Å². The summed E-state index contributed by atoms with van der Waals surface area (Å²) in [5, 5.41) is 15.2. The third kappa shape index (κ3) is 8.02. The first-order chi connectivity index (χ1) is 20.3. The molecule has 0 unspecified atom stereocenters. The van der Waals surface area contributed by atoms with E-state index in [1.54, 1.807) is 30.0 Å². The van der Waals surface area contributed by atoms with Crippen molar-refractivity contribution in [3.05, 3.63) is 89.2 Å². The first-order valence-corrected chi connectivity index (χ1v) is 13.8. The first kappa shape index (κ1) is 31.8. The van der Waals surface area contributed by atoms with Crippen molar-refractivity contribution in [2.24, 2.45) is 5.92 Å². The second-order valence-corrected chi connectivity index (χ2v) is 10.8. The van der Waals surface area contributed by atoms with Crippen LogP contribution in [0.3, 0.4) is 0 Å². The minimum absolute atomic E-state index is 0.149. The highest BCUT2D eigenvalue weighted by Gasteiger charge is 2.35. The van der Waals surface area contributed by atoms with Crippen LogP contribution in [0.15, 0.2) is 66.7 Å². The van der Waals surface area contributed by atoms with E-state index >= 15 is 0 Å². The third-order valence-electron chi connectivity index (χ3n) is 7.27. The van der Waals surface area contributed by atoms with Gasteiger partial charge in [0.05, 0.1) is 29.5 Å². The van der Waals surface area contributed by atoms with E-state index in [9.17, 15) is 32.3 Å². The Morgan fingerprint density at radius 2 is 1.77 bits per heavy atom. The van der Waals surface area contributed by atoms with Crippen molar-refractivity contribution < 1.29 is 37.0 Å². The maximum atomic E-state index is 13.6. The van der Waals surface area contributed by atoms with E-state index in [-0.39, 0.29) is 42.0 Å². The second-order valence-electron chi connectivity index (χ2n) is 10.8. The summed E-state index contributed by atoms with van der Waals surface area (Å²) in [6, 6.07) is 13.8. The number of halogens is 4. The van der Waals surface area contributed by atoms with Gasteiger partial charge in [-0.3, -0.25) is 9.69 Å². The number of para-hydroxylation sites is 1. The molecule has 1 aliphatic heterocycles. The van der Waals surface area contributed by atoms with Gasteiger partial charge in [0.1, 0.15) is 11.9 Å². The molecule has 43 heavy (non-hydrogen) atoms. The number of nitrogens with one attached hydrogen (secondary N) is 2. The van der Waals surface area contributed by atoms with Crippen LogP contribution >= 0.6 is 0 Å². The van der Waals surface area contributed by atoms with Crippen LogP contribution in [0, 0.1) is 11.7 Å². The zero-order valence-electron chi connectivity index (χ0n) is 24.0. The van der Waals surface area contributed by atoms with Crippen LogP contribution in [0.25, 0.3) is 0 Å². The van der Waals surface area contributed by atoms with Crippen LogP contribution < -0.4 is 15.4 Å². The summed E-state index contributed by atoms with van der Waals surface area (Å²) >= 11 is 0. The predicted octanol–water partition coefficient (Wildman–Crippen LogP) is 5.84. The monoisotopic (exact) mass is 602 g/mol. The highest BCUT2D eigenvalue weighted by atomic mass is 19.4. The molecule has 0 aliphatic carbocycles. The molecular weight excluding hydrogens is 568 g/mol. The molecule has 3 aromatic carbocycles. The summed E-state index contributed by atoms with van der Waals surface area (Å²) in [6.07, 6.45) is -4.93. The Morgan fingerprint density at radius 3 is 2.40 bits per heavy atom. The SMILES string of the molecule is C[C@@H]1CN([C@H](C)CO)C(=O)c2cccc(NC(=O)Nc3ccc(F)cc3)c2O[C@@H]1CN(C)Cc1ccc(C(F)(F)F)cc1. The second kappa shape index (κ2) is 13.4. The zero-order chi connectivity index (χ0) is 31.3. The minimum atomic E-state index is -4.42. The number of ether oxygens (including phenoxy) is 1. The Hall–Kier alpha value is -4.16. The standard InChI is InChI=1S/C31H34F4N4O4/c1-19-15-39(20(2)18-40)29(41)25-5-4-6-26(37-30(42)36-24-13-11-23(32)12-14-24)28(25)43-27(19)17-38(3)16-21-7-9-22(10-8-21)31(33,34)35/h4-14,19-20,27,40H,15-18H2,1-3H3,(H2,36,37,42)/t19-,20-,27-/m1/s1. The molecule has 3 amide bonds. The summed E-state index contributed by atoms with van der Waals surface area (Å²) in [5.74, 6) is -0.909. The summed E-state index contributed by atoms with van der Waals surface area (Å²) in [5.41, 5.74) is 0.737. The number of anilines is 2. The lowest BCUT2D eigenvalue weighted by atomic mass is 9.98. The third-order valence-corrected chi connectivity index (χ3v) is 7.27. The molecule has 1 heterocycles. The lowest BCUT2D eigenvalue weighted by Crippen LogP contribution is -2.49. The van der Waals surface area contributed by atoms with Crippen molar-refractivity contribution in [3.63, 3.8) is 0 Å². The number of fused-ring (bicyclic) bond motifs is 1. The van der Waals surface area contributed by atoms with Crippen molar-refractivity contribution in [1.82, 2.24) is 9.80 Å². The number of aliphatic hydroxyl groups is 1. The Morgan fingerprint density at radius 1 is 1.09 bits per heavy atom. The molecule has 0 radical (unpaired) electrons. The molecule has 0 fully saturated rings. The summed E-state index contributed by atoms with van der Waals surface area (Å²) in [4.78, 5) is 30.0. The Labute approximate surface area is 247 Å². The quantitative estimate of drug-likeness (QED) is 0.282. The fourth-order valence-electron chi connectivity index (χ4n) is 4.86. The van der Waals surface area contributed by atoms with Gasteiger partial charge in [-0.25, -0.2) is 9.18 Å². The van der Waals surface area contributed by atoms with Crippen molar-refractivity contribution in [2.75, 3.05) is 37.4 Å². The van der Waals surface area contributed by atoms with Crippen molar-refractivity contribution >= 4 is 23.3 Å². The van der Waals surface area contributed by atoms with E-state index in [1.165, 1.54) is 36.4 Å². The Bertz CT molecular complexity index is 1420. The molecule has 1 aliphatic rings. The average molecular weight is 603 g/mol. The van der Waals surface area contributed by atoms with Gasteiger partial charge >= 0.3 is 12.2 Å². The number of carbonyl (C=O) groups is 2.